The van der Waals surface area contributed by atoms with E-state index in [0.29, 0.717) is 5.95 Å². The van der Waals surface area contributed by atoms with E-state index < -0.39 is 0 Å². The first-order valence-corrected chi connectivity index (χ1v) is 5.09. The third-order valence-electron chi connectivity index (χ3n) is 2.22. The standard InChI is InChI=1S/C10H13N7/c1-11-9-5-3-8(4-6-9)7-12-17(2)10-13-15-16-14-10/h3-7,11H,1-2H3,(H,13,14,15,16)/b12-7+. The van der Waals surface area contributed by atoms with Crippen molar-refractivity contribution in [2.24, 2.45) is 5.10 Å². The predicted molar refractivity (Wildman–Crippen MR) is 66.2 cm³/mol. The Morgan fingerprint density at radius 3 is 2.71 bits per heavy atom. The molecule has 0 aliphatic heterocycles. The van der Waals surface area contributed by atoms with Crippen molar-refractivity contribution in [2.45, 2.75) is 0 Å². The molecule has 0 saturated carbocycles. The fraction of sp³-hybridized carbons (Fsp3) is 0.200. The molecule has 0 saturated heterocycles. The zero-order valence-corrected chi connectivity index (χ0v) is 9.62. The average Bonchev–Trinajstić information content (AvgIpc) is 2.90. The summed E-state index contributed by atoms with van der Waals surface area (Å²) in [5.74, 6) is 0.494. The molecule has 1 heterocycles. The maximum Gasteiger partial charge on any atom is 0.263 e. The van der Waals surface area contributed by atoms with Gasteiger partial charge in [-0.2, -0.15) is 5.10 Å². The van der Waals surface area contributed by atoms with Crippen LogP contribution in [-0.4, -0.2) is 40.9 Å². The second-order valence-corrected chi connectivity index (χ2v) is 3.37. The molecule has 1 aromatic carbocycles. The summed E-state index contributed by atoms with van der Waals surface area (Å²) >= 11 is 0. The number of anilines is 2. The summed E-state index contributed by atoms with van der Waals surface area (Å²) in [6, 6.07) is 7.92. The van der Waals surface area contributed by atoms with E-state index in [4.69, 9.17) is 0 Å². The van der Waals surface area contributed by atoms with E-state index in [0.717, 1.165) is 11.3 Å². The number of H-pyrrole nitrogens is 1. The van der Waals surface area contributed by atoms with Crippen molar-refractivity contribution in [1.82, 2.24) is 20.6 Å². The van der Waals surface area contributed by atoms with Crippen LogP contribution in [0, 0.1) is 0 Å². The topological polar surface area (TPSA) is 82.1 Å². The maximum atomic E-state index is 4.21. The van der Waals surface area contributed by atoms with Crippen molar-refractivity contribution in [2.75, 3.05) is 24.4 Å². The highest BCUT2D eigenvalue weighted by Crippen LogP contribution is 2.07. The van der Waals surface area contributed by atoms with E-state index in [1.807, 2.05) is 31.3 Å². The molecule has 2 N–H and O–H groups in total. The van der Waals surface area contributed by atoms with Crippen molar-refractivity contribution in [3.05, 3.63) is 29.8 Å². The highest BCUT2D eigenvalue weighted by atomic mass is 15.6. The molecule has 0 bridgehead atoms. The molecular formula is C10H13N7. The second kappa shape index (κ2) is 5.06. The number of rotatable bonds is 4. The smallest absolute Gasteiger partial charge is 0.263 e. The lowest BCUT2D eigenvalue weighted by Gasteiger charge is -2.06. The summed E-state index contributed by atoms with van der Waals surface area (Å²) in [5, 5.41) is 22.1. The summed E-state index contributed by atoms with van der Waals surface area (Å²) in [5.41, 5.74) is 2.07. The molecule has 0 radical (unpaired) electrons. The number of aromatic nitrogens is 4. The van der Waals surface area contributed by atoms with Gasteiger partial charge < -0.3 is 5.32 Å². The summed E-state index contributed by atoms with van der Waals surface area (Å²) in [6.07, 6.45) is 1.74. The molecule has 17 heavy (non-hydrogen) atoms. The third kappa shape index (κ3) is 2.77. The van der Waals surface area contributed by atoms with Crippen LogP contribution in [0.2, 0.25) is 0 Å². The van der Waals surface area contributed by atoms with Crippen LogP contribution in [0.25, 0.3) is 0 Å². The van der Waals surface area contributed by atoms with Gasteiger partial charge in [-0.1, -0.05) is 17.2 Å². The Kier molecular flexibility index (Phi) is 3.29. The van der Waals surface area contributed by atoms with Crippen molar-refractivity contribution >= 4 is 17.9 Å². The average molecular weight is 231 g/mol. The summed E-state index contributed by atoms with van der Waals surface area (Å²) in [7, 11) is 3.65. The van der Waals surface area contributed by atoms with Crippen LogP contribution in [0.5, 0.6) is 0 Å². The quantitative estimate of drug-likeness (QED) is 0.598. The lowest BCUT2D eigenvalue weighted by molar-refractivity contribution is 0.881. The number of nitrogens with zero attached hydrogens (tertiary/aromatic N) is 5. The fourth-order valence-corrected chi connectivity index (χ4v) is 1.24. The van der Waals surface area contributed by atoms with E-state index in [1.165, 1.54) is 0 Å². The van der Waals surface area contributed by atoms with Crippen molar-refractivity contribution in [3.63, 3.8) is 0 Å². The second-order valence-electron chi connectivity index (χ2n) is 3.37. The van der Waals surface area contributed by atoms with E-state index in [1.54, 1.807) is 18.3 Å². The highest BCUT2D eigenvalue weighted by molar-refractivity contribution is 5.80. The summed E-state index contributed by atoms with van der Waals surface area (Å²) in [6.45, 7) is 0. The van der Waals surface area contributed by atoms with Gasteiger partial charge >= 0.3 is 0 Å². The van der Waals surface area contributed by atoms with Crippen molar-refractivity contribution in [1.29, 1.82) is 0 Å². The van der Waals surface area contributed by atoms with Crippen molar-refractivity contribution in [3.8, 4) is 0 Å². The van der Waals surface area contributed by atoms with Crippen LogP contribution in [-0.2, 0) is 0 Å². The number of hydrogen-bond donors (Lipinski definition) is 2. The Labute approximate surface area is 98.5 Å². The van der Waals surface area contributed by atoms with Crippen LogP contribution in [0.15, 0.2) is 29.4 Å². The Morgan fingerprint density at radius 2 is 2.12 bits per heavy atom. The van der Waals surface area contributed by atoms with Crippen LogP contribution in [0.4, 0.5) is 11.6 Å². The Hall–Kier alpha value is -2.44. The number of tetrazole rings is 1. The van der Waals surface area contributed by atoms with Crippen LogP contribution in [0.3, 0.4) is 0 Å². The van der Waals surface area contributed by atoms with Gasteiger partial charge in [0.2, 0.25) is 0 Å². The molecule has 88 valence electrons. The molecule has 0 unspecified atom stereocenters. The molecule has 7 nitrogen and oxygen atoms in total. The van der Waals surface area contributed by atoms with Gasteiger partial charge in [0.1, 0.15) is 0 Å². The molecule has 0 fully saturated rings. The van der Waals surface area contributed by atoms with E-state index >= 15 is 0 Å². The minimum atomic E-state index is 0.494. The lowest BCUT2D eigenvalue weighted by Crippen LogP contribution is -2.10. The first-order valence-electron chi connectivity index (χ1n) is 5.09. The zero-order valence-electron chi connectivity index (χ0n) is 9.62. The van der Waals surface area contributed by atoms with Crippen LogP contribution >= 0.6 is 0 Å². The Balaban J connectivity index is 2.04. The summed E-state index contributed by atoms with van der Waals surface area (Å²) in [4.78, 5) is 0. The number of nitrogens with one attached hydrogen (secondary N) is 2. The SMILES string of the molecule is CNc1ccc(/C=N/N(C)c2nnn[nH]2)cc1. The Morgan fingerprint density at radius 1 is 1.35 bits per heavy atom. The van der Waals surface area contributed by atoms with E-state index in [9.17, 15) is 0 Å². The monoisotopic (exact) mass is 231 g/mol. The third-order valence-corrected chi connectivity index (χ3v) is 2.22. The Bertz CT molecular complexity index is 474. The van der Waals surface area contributed by atoms with E-state index in [-0.39, 0.29) is 0 Å². The zero-order chi connectivity index (χ0) is 12.1. The molecule has 7 heteroatoms. The maximum absolute atomic E-state index is 4.21. The van der Waals surface area contributed by atoms with E-state index in [2.05, 4.69) is 31.0 Å². The molecule has 0 atom stereocenters. The largest absolute Gasteiger partial charge is 0.388 e. The molecule has 0 spiro atoms. The molecule has 0 amide bonds. The van der Waals surface area contributed by atoms with Gasteiger partial charge in [-0.25, -0.2) is 10.1 Å². The van der Waals surface area contributed by atoms with Gasteiger partial charge in [0.25, 0.3) is 5.95 Å². The number of benzene rings is 1. The highest BCUT2D eigenvalue weighted by Gasteiger charge is 2.00. The number of aromatic amines is 1. The van der Waals surface area contributed by atoms with Gasteiger partial charge in [-0.05, 0) is 28.1 Å². The molecule has 2 rings (SSSR count). The first-order chi connectivity index (χ1) is 8.29. The van der Waals surface area contributed by atoms with Gasteiger partial charge in [0.15, 0.2) is 0 Å². The minimum Gasteiger partial charge on any atom is -0.388 e. The van der Waals surface area contributed by atoms with Gasteiger partial charge in [-0.3, -0.25) is 0 Å². The van der Waals surface area contributed by atoms with Crippen LogP contribution < -0.4 is 10.3 Å². The van der Waals surface area contributed by atoms with Crippen molar-refractivity contribution < 1.29 is 0 Å². The molecule has 1 aromatic heterocycles. The fourth-order valence-electron chi connectivity index (χ4n) is 1.24. The van der Waals surface area contributed by atoms with Gasteiger partial charge in [0.05, 0.1) is 6.21 Å². The molecule has 0 aliphatic rings. The van der Waals surface area contributed by atoms with Gasteiger partial charge in [0, 0.05) is 19.8 Å². The number of hydrazone groups is 1. The summed E-state index contributed by atoms with van der Waals surface area (Å²) < 4.78 is 0. The minimum absolute atomic E-state index is 0.494. The van der Waals surface area contributed by atoms with Crippen LogP contribution in [0.1, 0.15) is 5.56 Å². The lowest BCUT2D eigenvalue weighted by atomic mass is 10.2. The first kappa shape index (κ1) is 11.1. The number of hydrogen-bond acceptors (Lipinski definition) is 6. The normalized spacial score (nSPS) is 10.7. The molecular weight excluding hydrogens is 218 g/mol. The molecule has 2 aromatic rings. The van der Waals surface area contributed by atoms with Gasteiger partial charge in [-0.15, -0.1) is 0 Å². The predicted octanol–water partition coefficient (Wildman–Crippen LogP) is 0.712. The molecule has 0 aliphatic carbocycles.